The molecule has 0 aliphatic rings. The highest BCUT2D eigenvalue weighted by atomic mass is 32.1. The van der Waals surface area contributed by atoms with Crippen molar-refractivity contribution in [3.63, 3.8) is 0 Å². The summed E-state index contributed by atoms with van der Waals surface area (Å²) in [5.74, 6) is -0.155. The first-order valence-electron chi connectivity index (χ1n) is 7.03. The molecule has 5 heteroatoms. The number of para-hydroxylation sites is 1. The van der Waals surface area contributed by atoms with Crippen LogP contribution in [0.4, 0.5) is 10.1 Å². The molecule has 1 N–H and O–H groups in total. The monoisotopic (exact) mass is 327 g/mol. The molecule has 0 saturated carbocycles. The Morgan fingerprint density at radius 1 is 1.04 bits per heavy atom. The van der Waals surface area contributed by atoms with Gasteiger partial charge in [-0.05, 0) is 41.8 Å². The van der Waals surface area contributed by atoms with E-state index < -0.39 is 0 Å². The molecule has 2 aromatic carbocycles. The average molecular weight is 327 g/mol. The molecule has 0 radical (unpaired) electrons. The number of thiophene rings is 1. The van der Waals surface area contributed by atoms with Crippen molar-refractivity contribution in [1.29, 1.82) is 0 Å². The Balaban J connectivity index is 1.65. The maximum absolute atomic E-state index is 12.8. The first kappa shape index (κ1) is 15.2. The van der Waals surface area contributed by atoms with Gasteiger partial charge in [0.05, 0.1) is 0 Å². The summed E-state index contributed by atoms with van der Waals surface area (Å²) in [4.78, 5) is 13.2. The van der Waals surface area contributed by atoms with E-state index in [0.717, 1.165) is 16.1 Å². The first-order valence-corrected chi connectivity index (χ1v) is 7.91. The Morgan fingerprint density at radius 2 is 1.83 bits per heavy atom. The number of hydrogen-bond donors (Lipinski definition) is 1. The molecular weight excluding hydrogens is 313 g/mol. The van der Waals surface area contributed by atoms with Gasteiger partial charge in [-0.15, -0.1) is 11.3 Å². The van der Waals surface area contributed by atoms with E-state index in [1.54, 1.807) is 11.3 Å². The van der Waals surface area contributed by atoms with E-state index in [1.807, 2.05) is 41.8 Å². The molecule has 0 aliphatic carbocycles. The van der Waals surface area contributed by atoms with Crippen LogP contribution in [-0.2, 0) is 4.79 Å². The van der Waals surface area contributed by atoms with Crippen LogP contribution in [-0.4, -0.2) is 12.5 Å². The first-order chi connectivity index (χ1) is 11.2. The van der Waals surface area contributed by atoms with Gasteiger partial charge in [0, 0.05) is 16.1 Å². The summed E-state index contributed by atoms with van der Waals surface area (Å²) in [6, 6.07) is 17.1. The number of amides is 1. The van der Waals surface area contributed by atoms with Gasteiger partial charge in [-0.25, -0.2) is 4.39 Å². The molecule has 1 heterocycles. The van der Waals surface area contributed by atoms with E-state index in [2.05, 4.69) is 5.32 Å². The molecule has 116 valence electrons. The fraction of sp³-hybridized carbons (Fsp3) is 0.0556. The molecule has 0 unspecified atom stereocenters. The fourth-order valence-electron chi connectivity index (χ4n) is 2.10. The normalized spacial score (nSPS) is 10.3. The Hall–Kier alpha value is -2.66. The van der Waals surface area contributed by atoms with Crippen LogP contribution in [0.1, 0.15) is 0 Å². The van der Waals surface area contributed by atoms with Crippen molar-refractivity contribution in [2.75, 3.05) is 11.9 Å². The minimum Gasteiger partial charge on any atom is -0.484 e. The molecule has 0 spiro atoms. The van der Waals surface area contributed by atoms with E-state index >= 15 is 0 Å². The molecule has 3 nitrogen and oxygen atoms in total. The second-order valence-corrected chi connectivity index (χ2v) is 5.76. The van der Waals surface area contributed by atoms with Crippen LogP contribution in [0.2, 0.25) is 0 Å². The smallest absolute Gasteiger partial charge is 0.262 e. The molecule has 1 amide bonds. The Kier molecular flexibility index (Phi) is 4.68. The minimum atomic E-state index is -0.341. The number of rotatable bonds is 5. The van der Waals surface area contributed by atoms with Crippen LogP contribution >= 0.6 is 11.3 Å². The lowest BCUT2D eigenvalue weighted by atomic mass is 10.1. The second kappa shape index (κ2) is 7.07. The van der Waals surface area contributed by atoms with Crippen molar-refractivity contribution in [3.05, 3.63) is 71.9 Å². The van der Waals surface area contributed by atoms with E-state index in [1.165, 1.54) is 24.3 Å². The second-order valence-electron chi connectivity index (χ2n) is 4.81. The lowest BCUT2D eigenvalue weighted by Crippen LogP contribution is -2.20. The quantitative estimate of drug-likeness (QED) is 0.745. The van der Waals surface area contributed by atoms with Crippen molar-refractivity contribution in [2.24, 2.45) is 0 Å². The zero-order valence-corrected chi connectivity index (χ0v) is 13.0. The largest absolute Gasteiger partial charge is 0.484 e. The van der Waals surface area contributed by atoms with Crippen LogP contribution < -0.4 is 10.1 Å². The zero-order valence-electron chi connectivity index (χ0n) is 12.2. The summed E-state index contributed by atoms with van der Waals surface area (Å²) in [6.45, 7) is -0.135. The Labute approximate surface area is 137 Å². The maximum atomic E-state index is 12.8. The Morgan fingerprint density at radius 3 is 2.57 bits per heavy atom. The van der Waals surface area contributed by atoms with E-state index in [-0.39, 0.29) is 18.3 Å². The van der Waals surface area contributed by atoms with Gasteiger partial charge in [0.2, 0.25) is 0 Å². The van der Waals surface area contributed by atoms with E-state index in [4.69, 9.17) is 4.74 Å². The lowest BCUT2D eigenvalue weighted by Gasteiger charge is -2.11. The summed E-state index contributed by atoms with van der Waals surface area (Å²) >= 11 is 1.61. The molecular formula is C18H14FNO2S. The third-order valence-electron chi connectivity index (χ3n) is 3.17. The number of carbonyl (C=O) groups is 1. The van der Waals surface area contributed by atoms with Gasteiger partial charge < -0.3 is 10.1 Å². The average Bonchev–Trinajstić information content (AvgIpc) is 3.09. The van der Waals surface area contributed by atoms with Gasteiger partial charge in [0.25, 0.3) is 5.91 Å². The van der Waals surface area contributed by atoms with Crippen molar-refractivity contribution in [1.82, 2.24) is 0 Å². The molecule has 1 aromatic heterocycles. The van der Waals surface area contributed by atoms with Gasteiger partial charge in [0.15, 0.2) is 6.61 Å². The van der Waals surface area contributed by atoms with Gasteiger partial charge in [-0.1, -0.05) is 24.3 Å². The predicted molar refractivity (Wildman–Crippen MR) is 90.3 cm³/mol. The zero-order chi connectivity index (χ0) is 16.1. The summed E-state index contributed by atoms with van der Waals surface area (Å²) in [6.07, 6.45) is 0. The molecule has 23 heavy (non-hydrogen) atoms. The number of hydrogen-bond acceptors (Lipinski definition) is 3. The van der Waals surface area contributed by atoms with E-state index in [9.17, 15) is 9.18 Å². The number of nitrogens with one attached hydrogen (secondary N) is 1. The van der Waals surface area contributed by atoms with E-state index in [0.29, 0.717) is 5.75 Å². The summed E-state index contributed by atoms with van der Waals surface area (Å²) in [5, 5.41) is 4.84. The van der Waals surface area contributed by atoms with Crippen LogP contribution in [0.15, 0.2) is 66.0 Å². The molecule has 3 aromatic rings. The number of halogens is 1. The lowest BCUT2D eigenvalue weighted by molar-refractivity contribution is -0.118. The van der Waals surface area contributed by atoms with Crippen molar-refractivity contribution >= 4 is 22.9 Å². The topological polar surface area (TPSA) is 38.3 Å². The van der Waals surface area contributed by atoms with Crippen LogP contribution in [0.3, 0.4) is 0 Å². The minimum absolute atomic E-state index is 0.135. The summed E-state index contributed by atoms with van der Waals surface area (Å²) in [5.41, 5.74) is 1.71. The predicted octanol–water partition coefficient (Wildman–Crippen LogP) is 4.57. The molecule has 3 rings (SSSR count). The standard InChI is InChI=1S/C18H14FNO2S/c19-13-7-9-14(10-8-13)22-12-18(21)20-16-5-2-1-4-15(16)17-6-3-11-23-17/h1-11H,12H2,(H,20,21). The van der Waals surface area contributed by atoms with Crippen molar-refractivity contribution in [3.8, 4) is 16.2 Å². The van der Waals surface area contributed by atoms with Crippen LogP contribution in [0.25, 0.3) is 10.4 Å². The highest BCUT2D eigenvalue weighted by molar-refractivity contribution is 7.13. The summed E-state index contributed by atoms with van der Waals surface area (Å²) in [7, 11) is 0. The van der Waals surface area contributed by atoms with Crippen molar-refractivity contribution < 1.29 is 13.9 Å². The fourth-order valence-corrected chi connectivity index (χ4v) is 2.87. The number of ether oxygens (including phenoxy) is 1. The number of anilines is 1. The SMILES string of the molecule is O=C(COc1ccc(F)cc1)Nc1ccccc1-c1cccs1. The highest BCUT2D eigenvalue weighted by Gasteiger charge is 2.09. The Bertz CT molecular complexity index is 785. The van der Waals surface area contributed by atoms with Crippen molar-refractivity contribution in [2.45, 2.75) is 0 Å². The molecule has 0 atom stereocenters. The van der Waals surface area contributed by atoms with Gasteiger partial charge in [-0.2, -0.15) is 0 Å². The number of benzene rings is 2. The van der Waals surface area contributed by atoms with Crippen LogP contribution in [0, 0.1) is 5.82 Å². The molecule has 0 bridgehead atoms. The maximum Gasteiger partial charge on any atom is 0.262 e. The van der Waals surface area contributed by atoms with Gasteiger partial charge in [-0.3, -0.25) is 4.79 Å². The molecule has 0 saturated heterocycles. The molecule has 0 fully saturated rings. The van der Waals surface area contributed by atoms with Crippen LogP contribution in [0.5, 0.6) is 5.75 Å². The third kappa shape index (κ3) is 3.96. The van der Waals surface area contributed by atoms with Gasteiger partial charge >= 0.3 is 0 Å². The molecule has 0 aliphatic heterocycles. The third-order valence-corrected chi connectivity index (χ3v) is 4.07. The summed E-state index contributed by atoms with van der Waals surface area (Å²) < 4.78 is 18.2. The highest BCUT2D eigenvalue weighted by Crippen LogP contribution is 2.31. The van der Waals surface area contributed by atoms with Gasteiger partial charge in [0.1, 0.15) is 11.6 Å². The number of carbonyl (C=O) groups excluding carboxylic acids is 1.